The first-order valence-corrected chi connectivity index (χ1v) is 8.25. The van der Waals surface area contributed by atoms with E-state index in [2.05, 4.69) is 15.3 Å². The van der Waals surface area contributed by atoms with Crippen LogP contribution >= 0.6 is 11.3 Å². The quantitative estimate of drug-likeness (QED) is 0.791. The number of benzene rings is 1. The number of carbonyl (C=O) groups is 1. The highest BCUT2D eigenvalue weighted by Gasteiger charge is 2.25. The average molecular weight is 344 g/mol. The van der Waals surface area contributed by atoms with Gasteiger partial charge in [0, 0.05) is 25.0 Å². The maximum absolute atomic E-state index is 14.3. The Morgan fingerprint density at radius 3 is 2.67 bits per heavy atom. The highest BCUT2D eigenvalue weighted by atomic mass is 32.1. The Morgan fingerprint density at radius 1 is 1.33 bits per heavy atom. The molecule has 0 saturated carbocycles. The van der Waals surface area contributed by atoms with Gasteiger partial charge in [0.05, 0.1) is 10.7 Å². The summed E-state index contributed by atoms with van der Waals surface area (Å²) in [5.41, 5.74) is 1.04. The fourth-order valence-corrected chi connectivity index (χ4v) is 3.41. The fourth-order valence-electron chi connectivity index (χ4n) is 2.58. The molecule has 1 unspecified atom stereocenters. The van der Waals surface area contributed by atoms with Crippen molar-refractivity contribution >= 4 is 17.2 Å². The number of thiazole rings is 1. The number of rotatable bonds is 4. The second-order valence-electron chi connectivity index (χ2n) is 5.47. The van der Waals surface area contributed by atoms with Crippen molar-refractivity contribution in [3.8, 4) is 0 Å². The topological polar surface area (TPSA) is 59.8 Å². The maximum atomic E-state index is 14.3. The summed E-state index contributed by atoms with van der Waals surface area (Å²) in [7, 11) is 1.81. The van der Waals surface area contributed by atoms with E-state index in [1.807, 2.05) is 14.0 Å². The number of aromatic nitrogens is 3. The molecule has 3 rings (SSSR count). The molecule has 0 fully saturated rings. The summed E-state index contributed by atoms with van der Waals surface area (Å²) < 4.78 is 16.1. The number of carbonyl (C=O) groups excluding carboxylic acids is 1. The first kappa shape index (κ1) is 16.3. The van der Waals surface area contributed by atoms with Crippen LogP contribution in [0, 0.1) is 19.7 Å². The molecule has 1 N–H and O–H groups in total. The van der Waals surface area contributed by atoms with E-state index in [1.54, 1.807) is 42.1 Å². The number of amides is 1. The number of imidazole rings is 1. The molecule has 0 aliphatic rings. The summed E-state index contributed by atoms with van der Waals surface area (Å²) >= 11 is 1.32. The minimum atomic E-state index is -0.680. The van der Waals surface area contributed by atoms with Crippen molar-refractivity contribution in [2.24, 2.45) is 7.05 Å². The Morgan fingerprint density at radius 2 is 2.08 bits per heavy atom. The van der Waals surface area contributed by atoms with Crippen molar-refractivity contribution < 1.29 is 9.18 Å². The molecule has 0 bridgehead atoms. The van der Waals surface area contributed by atoms with Crippen LogP contribution in [-0.4, -0.2) is 20.4 Å². The van der Waals surface area contributed by atoms with Crippen molar-refractivity contribution in [3.05, 3.63) is 69.4 Å². The molecule has 2 heterocycles. The van der Waals surface area contributed by atoms with Crippen molar-refractivity contribution in [2.75, 3.05) is 0 Å². The van der Waals surface area contributed by atoms with Crippen LogP contribution in [0.25, 0.3) is 0 Å². The lowest BCUT2D eigenvalue weighted by molar-refractivity contribution is 0.0944. The summed E-state index contributed by atoms with van der Waals surface area (Å²) in [5.74, 6) is -0.107. The average Bonchev–Trinajstić information content (AvgIpc) is 3.11. The van der Waals surface area contributed by atoms with Gasteiger partial charge in [0.2, 0.25) is 0 Å². The van der Waals surface area contributed by atoms with Crippen LogP contribution in [0.4, 0.5) is 4.39 Å². The Bertz CT molecular complexity index is 886. The lowest BCUT2D eigenvalue weighted by Gasteiger charge is -2.19. The van der Waals surface area contributed by atoms with Crippen LogP contribution in [0.3, 0.4) is 0 Å². The number of aryl methyl sites for hydroxylation is 3. The predicted octanol–water partition coefficient (Wildman–Crippen LogP) is 3.15. The van der Waals surface area contributed by atoms with E-state index < -0.39 is 6.04 Å². The molecule has 1 aromatic carbocycles. The highest BCUT2D eigenvalue weighted by molar-refractivity contribution is 7.13. The van der Waals surface area contributed by atoms with Crippen molar-refractivity contribution in [1.82, 2.24) is 19.9 Å². The van der Waals surface area contributed by atoms with Crippen LogP contribution in [0.1, 0.15) is 37.8 Å². The smallest absolute Gasteiger partial charge is 0.264 e. The predicted molar refractivity (Wildman–Crippen MR) is 90.5 cm³/mol. The van der Waals surface area contributed by atoms with E-state index >= 15 is 0 Å². The molecule has 0 aliphatic carbocycles. The molecular formula is C17H17FN4OS. The largest absolute Gasteiger partial charge is 0.337 e. The van der Waals surface area contributed by atoms with E-state index in [1.165, 1.54) is 17.4 Å². The standard InChI is InChI=1S/C17H17FN4OS/c1-10-15(24-11(2)20-10)17(23)21-14(16-19-8-9-22(16)3)12-6-4-5-7-13(12)18/h4-9,14H,1-3H3,(H,21,23). The summed E-state index contributed by atoms with van der Waals surface area (Å²) in [6.45, 7) is 3.64. The highest BCUT2D eigenvalue weighted by Crippen LogP contribution is 2.25. The third kappa shape index (κ3) is 3.07. The van der Waals surface area contributed by atoms with Crippen LogP contribution in [-0.2, 0) is 7.05 Å². The molecule has 5 nitrogen and oxygen atoms in total. The van der Waals surface area contributed by atoms with Gasteiger partial charge >= 0.3 is 0 Å². The van der Waals surface area contributed by atoms with Crippen LogP contribution in [0.2, 0.25) is 0 Å². The lowest BCUT2D eigenvalue weighted by Crippen LogP contribution is -2.31. The Balaban J connectivity index is 2.00. The number of hydrogen-bond donors (Lipinski definition) is 1. The van der Waals surface area contributed by atoms with Crippen molar-refractivity contribution in [2.45, 2.75) is 19.9 Å². The van der Waals surface area contributed by atoms with Gasteiger partial charge in [-0.15, -0.1) is 11.3 Å². The van der Waals surface area contributed by atoms with Gasteiger partial charge in [-0.25, -0.2) is 14.4 Å². The van der Waals surface area contributed by atoms with E-state index in [0.29, 0.717) is 22.0 Å². The summed E-state index contributed by atoms with van der Waals surface area (Å²) in [6.07, 6.45) is 3.38. The molecule has 7 heteroatoms. The SMILES string of the molecule is Cc1nc(C)c(C(=O)NC(c2ccccc2F)c2nccn2C)s1. The van der Waals surface area contributed by atoms with E-state index in [9.17, 15) is 9.18 Å². The molecule has 124 valence electrons. The minimum Gasteiger partial charge on any atom is -0.337 e. The maximum Gasteiger partial charge on any atom is 0.264 e. The molecule has 1 atom stereocenters. The van der Waals surface area contributed by atoms with Gasteiger partial charge in [0.15, 0.2) is 0 Å². The Labute approximate surface area is 143 Å². The number of nitrogens with one attached hydrogen (secondary N) is 1. The zero-order valence-corrected chi connectivity index (χ0v) is 14.4. The van der Waals surface area contributed by atoms with Gasteiger partial charge in [-0.3, -0.25) is 4.79 Å². The first-order valence-electron chi connectivity index (χ1n) is 7.44. The second-order valence-corrected chi connectivity index (χ2v) is 6.67. The number of nitrogens with zero attached hydrogens (tertiary/aromatic N) is 3. The molecule has 1 amide bonds. The fraction of sp³-hybridized carbons (Fsp3) is 0.235. The molecule has 0 spiro atoms. The molecule has 2 aromatic heterocycles. The van der Waals surface area contributed by atoms with Crippen LogP contribution in [0.5, 0.6) is 0 Å². The molecule has 0 saturated heterocycles. The Kier molecular flexibility index (Phi) is 4.44. The molecule has 24 heavy (non-hydrogen) atoms. The summed E-state index contributed by atoms with van der Waals surface area (Å²) in [4.78, 5) is 21.8. The van der Waals surface area contributed by atoms with Gasteiger partial charge in [-0.05, 0) is 19.9 Å². The molecule has 0 aliphatic heterocycles. The van der Waals surface area contributed by atoms with Gasteiger partial charge < -0.3 is 9.88 Å². The van der Waals surface area contributed by atoms with Crippen LogP contribution in [0.15, 0.2) is 36.7 Å². The third-order valence-electron chi connectivity index (χ3n) is 3.72. The first-order chi connectivity index (χ1) is 11.5. The normalized spacial score (nSPS) is 12.2. The van der Waals surface area contributed by atoms with E-state index in [0.717, 1.165) is 5.01 Å². The zero-order valence-electron chi connectivity index (χ0n) is 13.6. The van der Waals surface area contributed by atoms with Gasteiger partial charge in [0.25, 0.3) is 5.91 Å². The van der Waals surface area contributed by atoms with Gasteiger partial charge in [-0.1, -0.05) is 18.2 Å². The lowest BCUT2D eigenvalue weighted by atomic mass is 10.1. The molecule has 0 radical (unpaired) electrons. The second kappa shape index (κ2) is 6.52. The van der Waals surface area contributed by atoms with Gasteiger partial charge in [0.1, 0.15) is 22.6 Å². The zero-order chi connectivity index (χ0) is 17.3. The van der Waals surface area contributed by atoms with Crippen LogP contribution < -0.4 is 5.32 Å². The number of halogens is 1. The summed E-state index contributed by atoms with van der Waals surface area (Å²) in [6, 6.07) is 5.70. The summed E-state index contributed by atoms with van der Waals surface area (Å²) in [5, 5.41) is 3.71. The third-order valence-corrected chi connectivity index (χ3v) is 4.79. The minimum absolute atomic E-state index is 0.283. The Hall–Kier alpha value is -2.54. The van der Waals surface area contributed by atoms with Crippen molar-refractivity contribution in [1.29, 1.82) is 0 Å². The molecule has 3 aromatic rings. The number of hydrogen-bond acceptors (Lipinski definition) is 4. The van der Waals surface area contributed by atoms with E-state index in [4.69, 9.17) is 0 Å². The molecular weight excluding hydrogens is 327 g/mol. The van der Waals surface area contributed by atoms with E-state index in [-0.39, 0.29) is 11.7 Å². The van der Waals surface area contributed by atoms with Crippen molar-refractivity contribution in [3.63, 3.8) is 0 Å². The van der Waals surface area contributed by atoms with Gasteiger partial charge in [-0.2, -0.15) is 0 Å². The monoisotopic (exact) mass is 344 g/mol.